The third-order valence-electron chi connectivity index (χ3n) is 1.11. The molecule has 1 aromatic rings. The molecule has 0 unspecified atom stereocenters. The van der Waals surface area contributed by atoms with Crippen LogP contribution in [0.25, 0.3) is 0 Å². The van der Waals surface area contributed by atoms with Gasteiger partial charge in [-0.2, -0.15) is 4.68 Å². The maximum absolute atomic E-state index is 11.0. The first-order chi connectivity index (χ1) is 5.66. The Morgan fingerprint density at radius 1 is 1.67 bits per heavy atom. The van der Waals surface area contributed by atoms with Gasteiger partial charge in [-0.3, -0.25) is 4.79 Å². The van der Waals surface area contributed by atoms with E-state index in [1.165, 1.54) is 6.08 Å². The van der Waals surface area contributed by atoms with Crippen molar-refractivity contribution in [1.29, 1.82) is 0 Å². The molecular weight excluding hydrogens is 184 g/mol. The maximum Gasteiger partial charge on any atom is 0.372 e. The SMILES string of the molecule is C=CCn1nnn(C(=O)Cl)c1=O. The maximum atomic E-state index is 11.0. The van der Waals surface area contributed by atoms with Crippen LogP contribution in [0.15, 0.2) is 17.4 Å². The van der Waals surface area contributed by atoms with Gasteiger partial charge in [-0.05, 0) is 22.0 Å². The van der Waals surface area contributed by atoms with Crippen LogP contribution in [-0.2, 0) is 6.54 Å². The van der Waals surface area contributed by atoms with E-state index in [0.717, 1.165) is 4.68 Å². The highest BCUT2D eigenvalue weighted by Crippen LogP contribution is 1.82. The third-order valence-corrected chi connectivity index (χ3v) is 1.27. The minimum atomic E-state index is -0.977. The predicted molar refractivity (Wildman–Crippen MR) is 41.1 cm³/mol. The van der Waals surface area contributed by atoms with Gasteiger partial charge in [0.1, 0.15) is 0 Å². The van der Waals surface area contributed by atoms with E-state index in [2.05, 4.69) is 17.0 Å². The summed E-state index contributed by atoms with van der Waals surface area (Å²) in [4.78, 5) is 21.5. The number of carbonyl (C=O) groups is 1. The first-order valence-electron chi connectivity index (χ1n) is 3.00. The van der Waals surface area contributed by atoms with Crippen molar-refractivity contribution in [2.24, 2.45) is 0 Å². The molecular formula is C5H5ClN4O2. The number of aromatic nitrogens is 4. The molecule has 12 heavy (non-hydrogen) atoms. The zero-order valence-electron chi connectivity index (χ0n) is 5.97. The fourth-order valence-electron chi connectivity index (χ4n) is 0.621. The first-order valence-corrected chi connectivity index (χ1v) is 3.38. The molecule has 1 aromatic heterocycles. The average molecular weight is 189 g/mol. The van der Waals surface area contributed by atoms with Crippen molar-refractivity contribution in [2.75, 3.05) is 0 Å². The summed E-state index contributed by atoms with van der Waals surface area (Å²) in [6.45, 7) is 3.59. The van der Waals surface area contributed by atoms with Crippen LogP contribution in [0.5, 0.6) is 0 Å². The summed E-state index contributed by atoms with van der Waals surface area (Å²) < 4.78 is 1.43. The van der Waals surface area contributed by atoms with Gasteiger partial charge in [-0.25, -0.2) is 4.79 Å². The van der Waals surface area contributed by atoms with Gasteiger partial charge in [0.15, 0.2) is 0 Å². The van der Waals surface area contributed by atoms with E-state index < -0.39 is 11.1 Å². The number of tetrazole rings is 1. The highest BCUT2D eigenvalue weighted by Gasteiger charge is 2.09. The van der Waals surface area contributed by atoms with Crippen LogP contribution in [0.3, 0.4) is 0 Å². The highest BCUT2D eigenvalue weighted by atomic mass is 35.5. The van der Waals surface area contributed by atoms with Crippen LogP contribution >= 0.6 is 11.6 Å². The quantitative estimate of drug-likeness (QED) is 0.367. The van der Waals surface area contributed by atoms with Crippen molar-refractivity contribution >= 4 is 17.0 Å². The highest BCUT2D eigenvalue weighted by molar-refractivity contribution is 6.63. The Morgan fingerprint density at radius 2 is 2.33 bits per heavy atom. The molecule has 1 heterocycles. The zero-order chi connectivity index (χ0) is 9.14. The second kappa shape index (κ2) is 3.31. The molecule has 0 aromatic carbocycles. The topological polar surface area (TPSA) is 69.8 Å². The Morgan fingerprint density at radius 3 is 2.75 bits per heavy atom. The molecule has 1 rings (SSSR count). The summed E-state index contributed by atoms with van der Waals surface area (Å²) >= 11 is 5.00. The molecule has 0 aliphatic rings. The van der Waals surface area contributed by atoms with Gasteiger partial charge in [0.2, 0.25) is 0 Å². The first kappa shape index (κ1) is 8.66. The number of nitrogens with zero attached hydrogens (tertiary/aromatic N) is 4. The van der Waals surface area contributed by atoms with E-state index in [0.29, 0.717) is 4.68 Å². The van der Waals surface area contributed by atoms with E-state index in [4.69, 9.17) is 11.6 Å². The summed E-state index contributed by atoms with van der Waals surface area (Å²) in [6.07, 6.45) is 1.46. The van der Waals surface area contributed by atoms with Gasteiger partial charge in [-0.1, -0.05) is 6.08 Å². The fourth-order valence-corrected chi connectivity index (χ4v) is 0.727. The van der Waals surface area contributed by atoms with Gasteiger partial charge in [0, 0.05) is 0 Å². The van der Waals surface area contributed by atoms with Crippen LogP contribution in [0.2, 0.25) is 0 Å². The predicted octanol–water partition coefficient (Wildman–Crippen LogP) is -0.167. The van der Waals surface area contributed by atoms with Crippen molar-refractivity contribution in [3.05, 3.63) is 23.1 Å². The van der Waals surface area contributed by atoms with E-state index in [-0.39, 0.29) is 6.54 Å². The molecule has 6 nitrogen and oxygen atoms in total. The number of halogens is 1. The normalized spacial score (nSPS) is 9.75. The summed E-state index contributed by atoms with van der Waals surface area (Å²) in [5.74, 6) is 0. The third kappa shape index (κ3) is 1.42. The number of hydrogen-bond acceptors (Lipinski definition) is 4. The molecule has 0 spiro atoms. The molecule has 0 amide bonds. The number of hydrogen-bond donors (Lipinski definition) is 0. The van der Waals surface area contributed by atoms with Crippen molar-refractivity contribution in [1.82, 2.24) is 19.8 Å². The molecule has 0 aliphatic carbocycles. The van der Waals surface area contributed by atoms with Crippen LogP contribution in [0.1, 0.15) is 0 Å². The van der Waals surface area contributed by atoms with E-state index in [1.54, 1.807) is 0 Å². The van der Waals surface area contributed by atoms with Gasteiger partial charge >= 0.3 is 11.1 Å². The van der Waals surface area contributed by atoms with Crippen molar-refractivity contribution < 1.29 is 4.79 Å². The molecule has 0 aliphatic heterocycles. The molecule has 64 valence electrons. The molecule has 0 fully saturated rings. The van der Waals surface area contributed by atoms with Gasteiger partial charge in [0.25, 0.3) is 0 Å². The molecule has 0 radical (unpaired) electrons. The van der Waals surface area contributed by atoms with Gasteiger partial charge in [-0.15, -0.1) is 11.3 Å². The van der Waals surface area contributed by atoms with Crippen LogP contribution in [-0.4, -0.2) is 25.2 Å². The van der Waals surface area contributed by atoms with Gasteiger partial charge in [0.05, 0.1) is 6.54 Å². The Balaban J connectivity index is 3.13. The lowest BCUT2D eigenvalue weighted by Crippen LogP contribution is -2.27. The molecule has 7 heteroatoms. The van der Waals surface area contributed by atoms with E-state index >= 15 is 0 Å². The van der Waals surface area contributed by atoms with Crippen molar-refractivity contribution in [2.45, 2.75) is 6.54 Å². The molecule has 0 N–H and O–H groups in total. The summed E-state index contributed by atoms with van der Waals surface area (Å²) in [6, 6.07) is 0. The second-order valence-corrected chi connectivity index (χ2v) is 2.22. The summed E-state index contributed by atoms with van der Waals surface area (Å²) in [5, 5.41) is 5.61. The molecule has 0 atom stereocenters. The standard InChI is InChI=1S/C5H5ClN4O2/c1-2-3-9-5(12)10(4(6)11)8-7-9/h2H,1,3H2. The van der Waals surface area contributed by atoms with Gasteiger partial charge < -0.3 is 0 Å². The average Bonchev–Trinajstić information content (AvgIpc) is 2.34. The fraction of sp³-hybridized carbons (Fsp3) is 0.200. The van der Waals surface area contributed by atoms with E-state index in [1.807, 2.05) is 0 Å². The van der Waals surface area contributed by atoms with Crippen LogP contribution < -0.4 is 5.69 Å². The molecule has 0 saturated heterocycles. The number of allylic oxidation sites excluding steroid dienone is 1. The Hall–Kier alpha value is -1.43. The second-order valence-electron chi connectivity index (χ2n) is 1.90. The minimum Gasteiger partial charge on any atom is -0.253 e. The number of carbonyl (C=O) groups excluding carboxylic acids is 1. The lowest BCUT2D eigenvalue weighted by atomic mass is 10.6. The monoisotopic (exact) mass is 188 g/mol. The smallest absolute Gasteiger partial charge is 0.253 e. The lowest BCUT2D eigenvalue weighted by Gasteiger charge is -1.87. The zero-order valence-corrected chi connectivity index (χ0v) is 6.73. The number of rotatable bonds is 2. The largest absolute Gasteiger partial charge is 0.372 e. The van der Waals surface area contributed by atoms with Crippen molar-refractivity contribution in [3.8, 4) is 0 Å². The van der Waals surface area contributed by atoms with Crippen LogP contribution in [0.4, 0.5) is 4.79 Å². The summed E-state index contributed by atoms with van der Waals surface area (Å²) in [7, 11) is 0. The minimum absolute atomic E-state index is 0.197. The Labute approximate surface area is 72.0 Å². The van der Waals surface area contributed by atoms with E-state index in [9.17, 15) is 9.59 Å². The molecule has 0 saturated carbocycles. The van der Waals surface area contributed by atoms with Crippen molar-refractivity contribution in [3.63, 3.8) is 0 Å². The molecule has 0 bridgehead atoms. The Kier molecular flexibility index (Phi) is 2.39. The lowest BCUT2D eigenvalue weighted by molar-refractivity contribution is 0.257. The Bertz CT molecular complexity index is 366. The summed E-state index contributed by atoms with van der Waals surface area (Å²) in [5.41, 5.74) is -0.671. The van der Waals surface area contributed by atoms with Crippen LogP contribution in [0, 0.1) is 0 Å².